The van der Waals surface area contributed by atoms with Gasteiger partial charge in [0.25, 0.3) is 5.91 Å². The summed E-state index contributed by atoms with van der Waals surface area (Å²) in [6.07, 6.45) is 5.82. The molecule has 3 atom stereocenters. The van der Waals surface area contributed by atoms with Crippen LogP contribution in [-0.4, -0.2) is 41.2 Å². The molecule has 7 nitrogen and oxygen atoms in total. The number of benzene rings is 1. The topological polar surface area (TPSA) is 99.4 Å². The standard InChI is InChI=1S/C29H33F3N4O3/c1-16-9-17(11-18(33)10-16)20-7-8-34-14-25(20)36-28(37)24-6-5-21(30)27(35-24)26-22(31)12-19(13-23(26)32)39-15-29(2,3)38-4/h5-8,12-14,16-18H,9-11,15,33H2,1-4H3,(H,36,37)/t16-,17+,18+/m0/s1. The Bertz CT molecular complexity index is 1320. The largest absolute Gasteiger partial charge is 0.490 e. The molecule has 10 heteroatoms. The average molecular weight is 543 g/mol. The van der Waals surface area contributed by atoms with Gasteiger partial charge in [0.2, 0.25) is 0 Å². The molecule has 1 saturated carbocycles. The van der Waals surface area contributed by atoms with Crippen LogP contribution in [0.1, 0.15) is 62.0 Å². The Morgan fingerprint density at radius 1 is 1.10 bits per heavy atom. The van der Waals surface area contributed by atoms with E-state index in [4.69, 9.17) is 15.2 Å². The highest BCUT2D eigenvalue weighted by Crippen LogP contribution is 2.38. The molecule has 4 rings (SSSR count). The van der Waals surface area contributed by atoms with Crippen molar-refractivity contribution in [3.63, 3.8) is 0 Å². The van der Waals surface area contributed by atoms with E-state index in [9.17, 15) is 9.18 Å². The molecule has 1 aliphatic rings. The molecular formula is C29H33F3N4O3. The normalized spacial score (nSPS) is 19.5. The molecule has 2 heterocycles. The number of nitrogens with one attached hydrogen (secondary N) is 1. The molecule has 0 unspecified atom stereocenters. The van der Waals surface area contributed by atoms with Crippen LogP contribution in [0.4, 0.5) is 18.9 Å². The van der Waals surface area contributed by atoms with Gasteiger partial charge in [0.1, 0.15) is 41.2 Å². The fourth-order valence-corrected chi connectivity index (χ4v) is 4.88. The van der Waals surface area contributed by atoms with Crippen molar-refractivity contribution in [1.29, 1.82) is 0 Å². The van der Waals surface area contributed by atoms with E-state index in [2.05, 4.69) is 22.2 Å². The first-order valence-corrected chi connectivity index (χ1v) is 12.8. The quantitative estimate of drug-likeness (QED) is 0.371. The Morgan fingerprint density at radius 2 is 1.82 bits per heavy atom. The van der Waals surface area contributed by atoms with E-state index < -0.39 is 40.2 Å². The number of anilines is 1. The SMILES string of the molecule is COC(C)(C)COc1cc(F)c(-c2nc(C(=O)Nc3cnccc3[C@@H]3C[C@H](C)C[C@@H](N)C3)ccc2F)c(F)c1. The molecular weight excluding hydrogens is 509 g/mol. The van der Waals surface area contributed by atoms with Gasteiger partial charge in [-0.2, -0.15) is 0 Å². The number of methoxy groups -OCH3 is 1. The molecule has 2 aromatic heterocycles. The molecule has 0 radical (unpaired) electrons. The first-order chi connectivity index (χ1) is 18.5. The van der Waals surface area contributed by atoms with E-state index >= 15 is 8.78 Å². The Kier molecular flexibility index (Phi) is 8.56. The Morgan fingerprint density at radius 3 is 2.49 bits per heavy atom. The summed E-state index contributed by atoms with van der Waals surface area (Å²) in [4.78, 5) is 21.2. The maximum absolute atomic E-state index is 15.0. The van der Waals surface area contributed by atoms with E-state index in [0.717, 1.165) is 49.1 Å². The fourth-order valence-electron chi connectivity index (χ4n) is 4.88. The van der Waals surface area contributed by atoms with Gasteiger partial charge in [0, 0.05) is 31.5 Å². The van der Waals surface area contributed by atoms with Crippen molar-refractivity contribution < 1.29 is 27.4 Å². The van der Waals surface area contributed by atoms with Gasteiger partial charge in [-0.3, -0.25) is 9.78 Å². The predicted molar refractivity (Wildman–Crippen MR) is 142 cm³/mol. The molecule has 208 valence electrons. The van der Waals surface area contributed by atoms with Gasteiger partial charge in [-0.15, -0.1) is 0 Å². The molecule has 1 aromatic carbocycles. The lowest BCUT2D eigenvalue weighted by atomic mass is 9.76. The van der Waals surface area contributed by atoms with Gasteiger partial charge < -0.3 is 20.5 Å². The Balaban J connectivity index is 1.59. The molecule has 1 fully saturated rings. The summed E-state index contributed by atoms with van der Waals surface area (Å²) in [6.45, 7) is 5.69. The summed E-state index contributed by atoms with van der Waals surface area (Å²) in [5.74, 6) is -3.33. The third-order valence-corrected chi connectivity index (χ3v) is 6.99. The number of carbonyl (C=O) groups is 1. The summed E-state index contributed by atoms with van der Waals surface area (Å²) >= 11 is 0. The minimum absolute atomic E-state index is 0.0338. The van der Waals surface area contributed by atoms with Crippen LogP contribution in [0.2, 0.25) is 0 Å². The minimum Gasteiger partial charge on any atom is -0.490 e. The average Bonchev–Trinajstić information content (AvgIpc) is 2.88. The smallest absolute Gasteiger partial charge is 0.274 e. The Labute approximate surface area is 225 Å². The molecule has 39 heavy (non-hydrogen) atoms. The van der Waals surface area contributed by atoms with E-state index in [0.29, 0.717) is 11.6 Å². The minimum atomic E-state index is -1.08. The number of nitrogens with two attached hydrogens (primary N) is 1. The second-order valence-electron chi connectivity index (χ2n) is 10.7. The lowest BCUT2D eigenvalue weighted by molar-refractivity contribution is -0.0148. The van der Waals surface area contributed by atoms with Gasteiger partial charge in [-0.1, -0.05) is 6.92 Å². The summed E-state index contributed by atoms with van der Waals surface area (Å²) in [5, 5.41) is 2.78. The third kappa shape index (κ3) is 6.75. The van der Waals surface area contributed by atoms with Crippen molar-refractivity contribution in [3.8, 4) is 17.0 Å². The molecule has 3 N–H and O–H groups in total. The van der Waals surface area contributed by atoms with E-state index in [1.54, 1.807) is 20.0 Å². The maximum atomic E-state index is 15.0. The van der Waals surface area contributed by atoms with Crippen molar-refractivity contribution in [2.75, 3.05) is 19.0 Å². The highest BCUT2D eigenvalue weighted by Gasteiger charge is 2.28. The predicted octanol–water partition coefficient (Wildman–Crippen LogP) is 5.85. The number of carbonyl (C=O) groups excluding carboxylic acids is 1. The number of hydrogen-bond donors (Lipinski definition) is 2. The van der Waals surface area contributed by atoms with Gasteiger partial charge in [-0.05, 0) is 68.7 Å². The van der Waals surface area contributed by atoms with E-state index in [1.165, 1.54) is 13.3 Å². The number of pyridine rings is 2. The third-order valence-electron chi connectivity index (χ3n) is 6.99. The van der Waals surface area contributed by atoms with Gasteiger partial charge in [0.05, 0.1) is 23.0 Å². The van der Waals surface area contributed by atoms with Crippen molar-refractivity contribution >= 4 is 11.6 Å². The number of halogens is 3. The summed E-state index contributed by atoms with van der Waals surface area (Å²) in [6, 6.07) is 5.89. The lowest BCUT2D eigenvalue weighted by Crippen LogP contribution is -2.31. The fraction of sp³-hybridized carbons (Fsp3) is 0.414. The zero-order valence-corrected chi connectivity index (χ0v) is 22.4. The van der Waals surface area contributed by atoms with Crippen LogP contribution in [0.15, 0.2) is 42.7 Å². The number of ether oxygens (including phenoxy) is 2. The molecule has 0 aliphatic heterocycles. The first-order valence-electron chi connectivity index (χ1n) is 12.8. The summed E-state index contributed by atoms with van der Waals surface area (Å²) in [7, 11) is 1.49. The van der Waals surface area contributed by atoms with E-state index in [-0.39, 0.29) is 30.0 Å². The monoisotopic (exact) mass is 542 g/mol. The van der Waals surface area contributed by atoms with Crippen LogP contribution >= 0.6 is 0 Å². The zero-order valence-electron chi connectivity index (χ0n) is 22.4. The van der Waals surface area contributed by atoms with Crippen molar-refractivity contribution in [1.82, 2.24) is 9.97 Å². The van der Waals surface area contributed by atoms with Crippen LogP contribution in [0.5, 0.6) is 5.75 Å². The molecule has 1 amide bonds. The molecule has 3 aromatic rings. The second-order valence-corrected chi connectivity index (χ2v) is 10.7. The van der Waals surface area contributed by atoms with Crippen molar-refractivity contribution in [2.45, 2.75) is 57.6 Å². The van der Waals surface area contributed by atoms with Crippen molar-refractivity contribution in [2.24, 2.45) is 11.7 Å². The Hall–Kier alpha value is -3.50. The van der Waals surface area contributed by atoms with Crippen LogP contribution in [0.3, 0.4) is 0 Å². The summed E-state index contributed by atoms with van der Waals surface area (Å²) in [5.41, 5.74) is 5.39. The number of nitrogens with zero attached hydrogens (tertiary/aromatic N) is 2. The lowest BCUT2D eigenvalue weighted by Gasteiger charge is -2.32. The maximum Gasteiger partial charge on any atom is 0.274 e. The molecule has 0 bridgehead atoms. The number of aromatic nitrogens is 2. The van der Waals surface area contributed by atoms with Crippen molar-refractivity contribution in [3.05, 3.63) is 71.4 Å². The molecule has 1 aliphatic carbocycles. The summed E-state index contributed by atoms with van der Waals surface area (Å²) < 4.78 is 55.4. The van der Waals surface area contributed by atoms with Crippen LogP contribution in [0.25, 0.3) is 11.3 Å². The van der Waals surface area contributed by atoms with Gasteiger partial charge in [0.15, 0.2) is 0 Å². The van der Waals surface area contributed by atoms with Crippen LogP contribution in [0, 0.1) is 23.4 Å². The number of amides is 1. The molecule has 0 saturated heterocycles. The first kappa shape index (κ1) is 28.5. The second kappa shape index (κ2) is 11.7. The highest BCUT2D eigenvalue weighted by molar-refractivity contribution is 6.03. The number of rotatable bonds is 8. The van der Waals surface area contributed by atoms with Gasteiger partial charge >= 0.3 is 0 Å². The van der Waals surface area contributed by atoms with E-state index in [1.807, 2.05) is 6.07 Å². The zero-order chi connectivity index (χ0) is 28.3. The number of hydrogen-bond acceptors (Lipinski definition) is 6. The van der Waals surface area contributed by atoms with Gasteiger partial charge in [-0.25, -0.2) is 18.2 Å². The van der Waals surface area contributed by atoms with Crippen LogP contribution in [-0.2, 0) is 4.74 Å². The van der Waals surface area contributed by atoms with Crippen LogP contribution < -0.4 is 15.8 Å². The highest BCUT2D eigenvalue weighted by atomic mass is 19.1. The molecule has 0 spiro atoms.